The Hall–Kier alpha value is -1.91. The van der Waals surface area contributed by atoms with E-state index in [1.54, 1.807) is 18.2 Å². The fourth-order valence-electron chi connectivity index (χ4n) is 1.30. The number of aromatic nitrogens is 1. The predicted molar refractivity (Wildman–Crippen MR) is 48.0 cm³/mol. The number of carboxylic acid groups (broad SMARTS) is 1. The molecule has 0 amide bonds. The monoisotopic (exact) mass is 192 g/mol. The third kappa shape index (κ3) is 1.14. The van der Waals surface area contributed by atoms with Gasteiger partial charge in [0, 0.05) is 6.20 Å². The van der Waals surface area contributed by atoms with Crippen LogP contribution in [-0.4, -0.2) is 29.0 Å². The summed E-state index contributed by atoms with van der Waals surface area (Å²) in [5.41, 5.74) is -1.06. The van der Waals surface area contributed by atoms with Gasteiger partial charge in [-0.25, -0.2) is 4.79 Å². The molecule has 0 bridgehead atoms. The summed E-state index contributed by atoms with van der Waals surface area (Å²) in [6, 6.07) is 5.05. The molecule has 0 fully saturated rings. The van der Waals surface area contributed by atoms with Crippen molar-refractivity contribution in [2.24, 2.45) is 4.99 Å². The van der Waals surface area contributed by atoms with Gasteiger partial charge in [-0.1, -0.05) is 6.07 Å². The standard InChI is InChI=1S/C9H8N2O3/c12-8(13)9(5-10-6-14-9)7-3-1-2-4-11-7/h1-4,6H,5H2,(H,12,13). The Morgan fingerprint density at radius 3 is 2.93 bits per heavy atom. The number of carboxylic acids is 1. The van der Waals surface area contributed by atoms with Gasteiger partial charge in [0.05, 0.1) is 12.2 Å². The van der Waals surface area contributed by atoms with Gasteiger partial charge in [0.2, 0.25) is 0 Å². The highest BCUT2D eigenvalue weighted by molar-refractivity contribution is 5.82. The summed E-state index contributed by atoms with van der Waals surface area (Å²) in [5, 5.41) is 9.07. The molecule has 2 rings (SSSR count). The van der Waals surface area contributed by atoms with Gasteiger partial charge in [-0.2, -0.15) is 0 Å². The molecule has 1 atom stereocenters. The molecule has 0 aromatic carbocycles. The predicted octanol–water partition coefficient (Wildman–Crippen LogP) is 0.420. The molecule has 1 aromatic rings. The van der Waals surface area contributed by atoms with Crippen molar-refractivity contribution in [2.75, 3.05) is 6.54 Å². The van der Waals surface area contributed by atoms with Crippen molar-refractivity contribution in [2.45, 2.75) is 5.60 Å². The first-order valence-corrected chi connectivity index (χ1v) is 4.07. The molecule has 72 valence electrons. The van der Waals surface area contributed by atoms with Crippen molar-refractivity contribution in [1.29, 1.82) is 0 Å². The van der Waals surface area contributed by atoms with Gasteiger partial charge in [-0.05, 0) is 12.1 Å². The van der Waals surface area contributed by atoms with Crippen molar-refractivity contribution >= 4 is 12.4 Å². The molecule has 5 nitrogen and oxygen atoms in total. The van der Waals surface area contributed by atoms with E-state index in [1.807, 2.05) is 0 Å². The molecule has 14 heavy (non-hydrogen) atoms. The second-order valence-electron chi connectivity index (χ2n) is 2.91. The quantitative estimate of drug-likeness (QED) is 0.737. The van der Waals surface area contributed by atoms with Gasteiger partial charge in [-0.3, -0.25) is 9.98 Å². The van der Waals surface area contributed by atoms with Crippen LogP contribution in [0.3, 0.4) is 0 Å². The average molecular weight is 192 g/mol. The molecular formula is C9H8N2O3. The molecule has 1 N–H and O–H groups in total. The van der Waals surface area contributed by atoms with E-state index in [4.69, 9.17) is 9.84 Å². The van der Waals surface area contributed by atoms with Crippen LogP contribution in [0.4, 0.5) is 0 Å². The van der Waals surface area contributed by atoms with Gasteiger partial charge in [0.1, 0.15) is 0 Å². The van der Waals surface area contributed by atoms with E-state index < -0.39 is 11.6 Å². The van der Waals surface area contributed by atoms with E-state index in [-0.39, 0.29) is 6.54 Å². The Morgan fingerprint density at radius 1 is 1.57 bits per heavy atom. The lowest BCUT2D eigenvalue weighted by atomic mass is 10.00. The van der Waals surface area contributed by atoms with E-state index >= 15 is 0 Å². The van der Waals surface area contributed by atoms with Crippen LogP contribution in [0.25, 0.3) is 0 Å². The summed E-state index contributed by atoms with van der Waals surface area (Å²) in [7, 11) is 0. The van der Waals surface area contributed by atoms with Crippen LogP contribution in [-0.2, 0) is 15.1 Å². The van der Waals surface area contributed by atoms with Crippen LogP contribution in [0.15, 0.2) is 29.4 Å². The van der Waals surface area contributed by atoms with Crippen LogP contribution in [0, 0.1) is 0 Å². The van der Waals surface area contributed by atoms with Crippen molar-refractivity contribution < 1.29 is 14.6 Å². The molecule has 1 unspecified atom stereocenters. The number of pyridine rings is 1. The van der Waals surface area contributed by atoms with Gasteiger partial charge in [0.15, 0.2) is 6.40 Å². The Labute approximate surface area is 80.1 Å². The van der Waals surface area contributed by atoms with Crippen LogP contribution in [0.1, 0.15) is 5.69 Å². The lowest BCUT2D eigenvalue weighted by Crippen LogP contribution is -2.39. The third-order valence-corrected chi connectivity index (χ3v) is 2.07. The molecule has 0 saturated carbocycles. The third-order valence-electron chi connectivity index (χ3n) is 2.07. The molecule has 5 heteroatoms. The first kappa shape index (κ1) is 8.68. The van der Waals surface area contributed by atoms with E-state index in [9.17, 15) is 4.79 Å². The normalized spacial score (nSPS) is 24.6. The Morgan fingerprint density at radius 2 is 2.43 bits per heavy atom. The van der Waals surface area contributed by atoms with E-state index in [1.165, 1.54) is 6.20 Å². The van der Waals surface area contributed by atoms with Crippen LogP contribution in [0.2, 0.25) is 0 Å². The SMILES string of the molecule is O=C(O)C1(c2ccccn2)CN=CO1. The fraction of sp³-hybridized carbons (Fsp3) is 0.222. The average Bonchev–Trinajstić information content (AvgIpc) is 2.69. The zero-order chi connectivity index (χ0) is 10.0. The zero-order valence-corrected chi connectivity index (χ0v) is 7.25. The van der Waals surface area contributed by atoms with E-state index in [2.05, 4.69) is 9.98 Å². The van der Waals surface area contributed by atoms with Gasteiger partial charge < -0.3 is 9.84 Å². The van der Waals surface area contributed by atoms with Gasteiger partial charge in [-0.15, -0.1) is 0 Å². The van der Waals surface area contributed by atoms with Crippen molar-refractivity contribution in [1.82, 2.24) is 4.98 Å². The van der Waals surface area contributed by atoms with Crippen molar-refractivity contribution in [3.8, 4) is 0 Å². The maximum Gasteiger partial charge on any atom is 0.356 e. The smallest absolute Gasteiger partial charge is 0.356 e. The molecule has 0 spiro atoms. The highest BCUT2D eigenvalue weighted by Crippen LogP contribution is 2.27. The molecule has 0 radical (unpaired) electrons. The van der Waals surface area contributed by atoms with Crippen LogP contribution in [0.5, 0.6) is 0 Å². The lowest BCUT2D eigenvalue weighted by Gasteiger charge is -2.21. The first-order valence-electron chi connectivity index (χ1n) is 4.07. The number of rotatable bonds is 2. The van der Waals surface area contributed by atoms with Gasteiger partial charge in [0.25, 0.3) is 5.60 Å². The second-order valence-corrected chi connectivity index (χ2v) is 2.91. The molecule has 1 aromatic heterocycles. The van der Waals surface area contributed by atoms with Crippen molar-refractivity contribution in [3.05, 3.63) is 30.1 Å². The van der Waals surface area contributed by atoms with E-state index in [0.29, 0.717) is 5.69 Å². The summed E-state index contributed by atoms with van der Waals surface area (Å²) in [6.07, 6.45) is 2.69. The highest BCUT2D eigenvalue weighted by Gasteiger charge is 2.46. The molecule has 2 heterocycles. The van der Waals surface area contributed by atoms with Crippen LogP contribution >= 0.6 is 0 Å². The summed E-state index contributed by atoms with van der Waals surface area (Å²) < 4.78 is 5.03. The Kier molecular flexibility index (Phi) is 1.92. The van der Waals surface area contributed by atoms with E-state index in [0.717, 1.165) is 6.40 Å². The second kappa shape index (κ2) is 3.10. The molecule has 0 saturated heterocycles. The minimum absolute atomic E-state index is 0.0688. The minimum Gasteiger partial charge on any atom is -0.478 e. The summed E-state index contributed by atoms with van der Waals surface area (Å²) in [6.45, 7) is 0.0688. The Balaban J connectivity index is 2.43. The number of carbonyl (C=O) groups is 1. The van der Waals surface area contributed by atoms with Crippen LogP contribution < -0.4 is 0 Å². The fourth-order valence-corrected chi connectivity index (χ4v) is 1.30. The lowest BCUT2D eigenvalue weighted by molar-refractivity contribution is -0.155. The van der Waals surface area contributed by atoms with Crippen molar-refractivity contribution in [3.63, 3.8) is 0 Å². The minimum atomic E-state index is -1.43. The van der Waals surface area contributed by atoms with Gasteiger partial charge >= 0.3 is 5.97 Å². The zero-order valence-electron chi connectivity index (χ0n) is 7.25. The summed E-state index contributed by atoms with van der Waals surface area (Å²) >= 11 is 0. The molecule has 1 aliphatic heterocycles. The Bertz CT molecular complexity index is 367. The number of aliphatic imine (C=N–C) groups is 1. The summed E-state index contributed by atoms with van der Waals surface area (Å²) in [5.74, 6) is -1.08. The highest BCUT2D eigenvalue weighted by atomic mass is 16.5. The number of hydrogen-bond acceptors (Lipinski definition) is 4. The molecule has 0 aliphatic carbocycles. The maximum atomic E-state index is 11.1. The number of aliphatic carboxylic acids is 1. The number of nitrogens with zero attached hydrogens (tertiary/aromatic N) is 2. The number of hydrogen-bond donors (Lipinski definition) is 1. The molecule has 1 aliphatic rings. The first-order chi connectivity index (χ1) is 6.76. The maximum absolute atomic E-state index is 11.1. The molecular weight excluding hydrogens is 184 g/mol. The summed E-state index contributed by atoms with van der Waals surface area (Å²) in [4.78, 5) is 18.8. The number of ether oxygens (including phenoxy) is 1. The topological polar surface area (TPSA) is 71.8 Å². The largest absolute Gasteiger partial charge is 0.478 e.